The Kier molecular flexibility index (Phi) is 2.50. The van der Waals surface area contributed by atoms with Gasteiger partial charge in [0.1, 0.15) is 0 Å². The first-order valence-electron chi connectivity index (χ1n) is 4.23. The van der Waals surface area contributed by atoms with Crippen LogP contribution in [0.25, 0.3) is 0 Å². The van der Waals surface area contributed by atoms with Gasteiger partial charge in [0.05, 0.1) is 0 Å². The molecule has 1 saturated carbocycles. The highest BCUT2D eigenvalue weighted by molar-refractivity contribution is 5.09. The molecule has 0 amide bonds. The highest BCUT2D eigenvalue weighted by Crippen LogP contribution is 2.30. The van der Waals surface area contributed by atoms with Gasteiger partial charge in [-0.2, -0.15) is 0 Å². The highest BCUT2D eigenvalue weighted by atomic mass is 14.8. The smallest absolute Gasteiger partial charge is 0.0339 e. The van der Waals surface area contributed by atoms with Gasteiger partial charge in [-0.05, 0) is 25.7 Å². The molecule has 58 valence electrons. The van der Waals surface area contributed by atoms with Crippen molar-refractivity contribution in [3.63, 3.8) is 0 Å². The molecular formula is C9H17N. The topological polar surface area (TPSA) is 26.0 Å². The van der Waals surface area contributed by atoms with Crippen molar-refractivity contribution in [1.82, 2.24) is 0 Å². The average Bonchev–Trinajstić information content (AvgIpc) is 1.85. The van der Waals surface area contributed by atoms with Crippen molar-refractivity contribution < 1.29 is 0 Å². The Bertz CT molecular complexity index is 123. The first-order valence-corrected chi connectivity index (χ1v) is 4.23. The molecule has 10 heavy (non-hydrogen) atoms. The third kappa shape index (κ3) is 1.84. The zero-order valence-electron chi connectivity index (χ0n) is 6.77. The number of nitrogens with two attached hydrogens (primary N) is 1. The third-order valence-electron chi connectivity index (χ3n) is 2.19. The van der Waals surface area contributed by atoms with E-state index in [1.807, 2.05) is 0 Å². The van der Waals surface area contributed by atoms with Crippen molar-refractivity contribution in [2.24, 2.45) is 5.73 Å². The largest absolute Gasteiger partial charge is 0.322 e. The van der Waals surface area contributed by atoms with Gasteiger partial charge >= 0.3 is 0 Å². The van der Waals surface area contributed by atoms with Crippen LogP contribution in [0.3, 0.4) is 0 Å². The zero-order valence-corrected chi connectivity index (χ0v) is 6.77. The Morgan fingerprint density at radius 3 is 2.60 bits per heavy atom. The normalized spacial score (nSPS) is 23.0. The maximum atomic E-state index is 5.96. The molecule has 2 N–H and O–H groups in total. The Morgan fingerprint density at radius 2 is 2.20 bits per heavy atom. The Balaban J connectivity index is 2.22. The summed E-state index contributed by atoms with van der Waals surface area (Å²) < 4.78 is 0. The SMILES string of the molecule is CCC/C=C/C1(N)CCC1. The molecule has 0 saturated heterocycles. The summed E-state index contributed by atoms with van der Waals surface area (Å²) >= 11 is 0. The molecule has 0 aliphatic heterocycles. The van der Waals surface area contributed by atoms with E-state index in [0.29, 0.717) is 0 Å². The van der Waals surface area contributed by atoms with Gasteiger partial charge in [0.2, 0.25) is 0 Å². The van der Waals surface area contributed by atoms with Gasteiger partial charge in [-0.3, -0.25) is 0 Å². The monoisotopic (exact) mass is 139 g/mol. The third-order valence-corrected chi connectivity index (χ3v) is 2.19. The average molecular weight is 139 g/mol. The van der Waals surface area contributed by atoms with Crippen molar-refractivity contribution in [3.05, 3.63) is 12.2 Å². The summed E-state index contributed by atoms with van der Waals surface area (Å²) in [6, 6.07) is 0. The Morgan fingerprint density at radius 1 is 1.50 bits per heavy atom. The van der Waals surface area contributed by atoms with Crippen molar-refractivity contribution in [1.29, 1.82) is 0 Å². The number of hydrogen-bond donors (Lipinski definition) is 1. The molecule has 1 nitrogen and oxygen atoms in total. The first kappa shape index (κ1) is 7.80. The van der Waals surface area contributed by atoms with E-state index >= 15 is 0 Å². The lowest BCUT2D eigenvalue weighted by Crippen LogP contribution is -2.44. The van der Waals surface area contributed by atoms with E-state index in [1.165, 1.54) is 32.1 Å². The Hall–Kier alpha value is -0.300. The van der Waals surface area contributed by atoms with Gasteiger partial charge in [-0.25, -0.2) is 0 Å². The van der Waals surface area contributed by atoms with Crippen molar-refractivity contribution in [2.45, 2.75) is 44.6 Å². The lowest BCUT2D eigenvalue weighted by atomic mass is 9.77. The fourth-order valence-corrected chi connectivity index (χ4v) is 1.24. The zero-order chi connectivity index (χ0) is 7.45. The van der Waals surface area contributed by atoms with E-state index in [1.54, 1.807) is 0 Å². The molecule has 0 heterocycles. The van der Waals surface area contributed by atoms with Crippen LogP contribution in [0.4, 0.5) is 0 Å². The van der Waals surface area contributed by atoms with Gasteiger partial charge in [-0.15, -0.1) is 0 Å². The van der Waals surface area contributed by atoms with Gasteiger partial charge < -0.3 is 5.73 Å². The standard InChI is InChI=1S/C9H17N/c1-2-3-4-6-9(10)7-5-8-9/h4,6H,2-3,5,7-8,10H2,1H3/b6-4+. The molecule has 0 aromatic rings. The summed E-state index contributed by atoms with van der Waals surface area (Å²) in [4.78, 5) is 0. The van der Waals surface area contributed by atoms with E-state index < -0.39 is 0 Å². The summed E-state index contributed by atoms with van der Waals surface area (Å²) in [5.41, 5.74) is 6.05. The summed E-state index contributed by atoms with van der Waals surface area (Å²) in [6.07, 6.45) is 10.5. The maximum Gasteiger partial charge on any atom is 0.0339 e. The fraction of sp³-hybridized carbons (Fsp3) is 0.778. The van der Waals surface area contributed by atoms with Crippen molar-refractivity contribution in [3.8, 4) is 0 Å². The fourth-order valence-electron chi connectivity index (χ4n) is 1.24. The first-order chi connectivity index (χ1) is 4.77. The number of unbranched alkanes of at least 4 members (excludes halogenated alkanes) is 1. The molecule has 1 aliphatic rings. The minimum Gasteiger partial charge on any atom is -0.322 e. The van der Waals surface area contributed by atoms with Gasteiger partial charge in [-0.1, -0.05) is 25.5 Å². The predicted octanol–water partition coefficient (Wildman–Crippen LogP) is 2.22. The second-order valence-electron chi connectivity index (χ2n) is 3.28. The van der Waals surface area contributed by atoms with Crippen LogP contribution in [-0.2, 0) is 0 Å². The Labute approximate surface area is 63.3 Å². The van der Waals surface area contributed by atoms with Crippen LogP contribution in [0.15, 0.2) is 12.2 Å². The van der Waals surface area contributed by atoms with Crippen LogP contribution >= 0.6 is 0 Å². The molecule has 0 atom stereocenters. The molecule has 0 spiro atoms. The lowest BCUT2D eigenvalue weighted by molar-refractivity contribution is 0.316. The molecule has 0 radical (unpaired) electrons. The van der Waals surface area contributed by atoms with E-state index in [-0.39, 0.29) is 5.54 Å². The molecular weight excluding hydrogens is 122 g/mol. The second kappa shape index (κ2) is 3.20. The maximum absolute atomic E-state index is 5.96. The molecule has 0 bridgehead atoms. The lowest BCUT2D eigenvalue weighted by Gasteiger charge is -2.35. The molecule has 1 rings (SSSR count). The summed E-state index contributed by atoms with van der Waals surface area (Å²) in [5, 5.41) is 0. The number of allylic oxidation sites excluding steroid dienone is 1. The van der Waals surface area contributed by atoms with Gasteiger partial charge in [0, 0.05) is 5.54 Å². The van der Waals surface area contributed by atoms with Crippen LogP contribution < -0.4 is 5.73 Å². The summed E-state index contributed by atoms with van der Waals surface area (Å²) in [5.74, 6) is 0. The summed E-state index contributed by atoms with van der Waals surface area (Å²) in [6.45, 7) is 2.19. The van der Waals surface area contributed by atoms with E-state index in [4.69, 9.17) is 5.73 Å². The van der Waals surface area contributed by atoms with Crippen LogP contribution in [0.2, 0.25) is 0 Å². The van der Waals surface area contributed by atoms with Crippen LogP contribution in [-0.4, -0.2) is 5.54 Å². The van der Waals surface area contributed by atoms with Gasteiger partial charge in [0.25, 0.3) is 0 Å². The van der Waals surface area contributed by atoms with E-state index in [0.717, 1.165) is 0 Å². The van der Waals surface area contributed by atoms with Crippen LogP contribution in [0.5, 0.6) is 0 Å². The second-order valence-corrected chi connectivity index (χ2v) is 3.28. The summed E-state index contributed by atoms with van der Waals surface area (Å²) in [7, 11) is 0. The van der Waals surface area contributed by atoms with E-state index in [9.17, 15) is 0 Å². The highest BCUT2D eigenvalue weighted by Gasteiger charge is 2.28. The van der Waals surface area contributed by atoms with Crippen molar-refractivity contribution in [2.75, 3.05) is 0 Å². The minimum atomic E-state index is 0.0924. The van der Waals surface area contributed by atoms with E-state index in [2.05, 4.69) is 19.1 Å². The van der Waals surface area contributed by atoms with Crippen molar-refractivity contribution >= 4 is 0 Å². The molecule has 1 aliphatic carbocycles. The molecule has 0 aromatic carbocycles. The minimum absolute atomic E-state index is 0.0924. The van der Waals surface area contributed by atoms with Crippen LogP contribution in [0, 0.1) is 0 Å². The quantitative estimate of drug-likeness (QED) is 0.596. The molecule has 1 heteroatoms. The molecule has 0 unspecified atom stereocenters. The molecule has 1 fully saturated rings. The van der Waals surface area contributed by atoms with Crippen LogP contribution in [0.1, 0.15) is 39.0 Å². The predicted molar refractivity (Wildman–Crippen MR) is 44.8 cm³/mol. The van der Waals surface area contributed by atoms with Gasteiger partial charge in [0.15, 0.2) is 0 Å². The molecule has 0 aromatic heterocycles. The number of hydrogen-bond acceptors (Lipinski definition) is 1. The number of rotatable bonds is 3.